The predicted octanol–water partition coefficient (Wildman–Crippen LogP) is 5.91. The highest BCUT2D eigenvalue weighted by Gasteiger charge is 2.29. The van der Waals surface area contributed by atoms with E-state index in [2.05, 4.69) is 40.2 Å². The average molecular weight is 409 g/mol. The van der Waals surface area contributed by atoms with Crippen LogP contribution in [0.3, 0.4) is 0 Å². The quantitative estimate of drug-likeness (QED) is 0.458. The van der Waals surface area contributed by atoms with Crippen molar-refractivity contribution >= 4 is 54.9 Å². The lowest BCUT2D eigenvalue weighted by molar-refractivity contribution is 0.391. The molecule has 0 aliphatic heterocycles. The first-order valence-electron chi connectivity index (χ1n) is 9.64. The zero-order valence-corrected chi connectivity index (χ0v) is 17.0. The molecule has 4 aromatic rings. The van der Waals surface area contributed by atoms with Gasteiger partial charge >= 0.3 is 0 Å². The van der Waals surface area contributed by atoms with E-state index in [4.69, 9.17) is 22.3 Å². The molecule has 0 atom stereocenters. The van der Waals surface area contributed by atoms with Crippen molar-refractivity contribution in [2.24, 2.45) is 5.73 Å². The van der Waals surface area contributed by atoms with Gasteiger partial charge in [0.15, 0.2) is 5.13 Å². The summed E-state index contributed by atoms with van der Waals surface area (Å²) in [5.41, 5.74) is 9.28. The number of nitrogens with two attached hydrogens (primary N) is 1. The van der Waals surface area contributed by atoms with Crippen molar-refractivity contribution in [3.8, 4) is 0 Å². The minimum Gasteiger partial charge on any atom is -0.328 e. The lowest BCUT2D eigenvalue weighted by Gasteiger charge is -2.36. The molecule has 28 heavy (non-hydrogen) atoms. The maximum Gasteiger partial charge on any atom is 0.191 e. The number of pyridine rings is 1. The van der Waals surface area contributed by atoms with Crippen LogP contribution in [0, 0.1) is 0 Å². The third-order valence-electron chi connectivity index (χ3n) is 5.54. The van der Waals surface area contributed by atoms with Crippen LogP contribution in [0.25, 0.3) is 21.1 Å². The van der Waals surface area contributed by atoms with Gasteiger partial charge < -0.3 is 10.6 Å². The van der Waals surface area contributed by atoms with Gasteiger partial charge in [0.25, 0.3) is 0 Å². The summed E-state index contributed by atoms with van der Waals surface area (Å²) < 4.78 is 1.21. The molecule has 0 amide bonds. The molecule has 1 saturated carbocycles. The predicted molar refractivity (Wildman–Crippen MR) is 119 cm³/mol. The van der Waals surface area contributed by atoms with E-state index in [-0.39, 0.29) is 0 Å². The van der Waals surface area contributed by atoms with Crippen LogP contribution in [0.4, 0.5) is 10.8 Å². The second-order valence-electron chi connectivity index (χ2n) is 7.39. The molecular formula is C22H21ClN4S. The Hall–Kier alpha value is -2.21. The van der Waals surface area contributed by atoms with E-state index in [0.717, 1.165) is 52.9 Å². The number of hydrogen-bond donors (Lipinski definition) is 1. The molecule has 2 aromatic carbocycles. The van der Waals surface area contributed by atoms with Gasteiger partial charge in [-0.05, 0) is 62.1 Å². The third kappa shape index (κ3) is 3.24. The number of rotatable bonds is 3. The Kier molecular flexibility index (Phi) is 4.67. The van der Waals surface area contributed by atoms with E-state index in [1.54, 1.807) is 11.3 Å². The van der Waals surface area contributed by atoms with E-state index in [1.165, 1.54) is 4.70 Å². The van der Waals surface area contributed by atoms with Gasteiger partial charge in [-0.2, -0.15) is 0 Å². The van der Waals surface area contributed by atoms with Crippen LogP contribution < -0.4 is 10.6 Å². The number of nitrogens with zero attached hydrogens (tertiary/aromatic N) is 3. The normalized spacial score (nSPS) is 19.9. The number of benzene rings is 2. The lowest BCUT2D eigenvalue weighted by Crippen LogP contribution is -2.38. The highest BCUT2D eigenvalue weighted by atomic mass is 35.5. The fraction of sp³-hybridized carbons (Fsp3) is 0.273. The van der Waals surface area contributed by atoms with Crippen LogP contribution in [0.5, 0.6) is 0 Å². The smallest absolute Gasteiger partial charge is 0.191 e. The zero-order chi connectivity index (χ0) is 19.1. The van der Waals surface area contributed by atoms with E-state index >= 15 is 0 Å². The van der Waals surface area contributed by atoms with Crippen LogP contribution in [-0.4, -0.2) is 22.1 Å². The van der Waals surface area contributed by atoms with Crippen LogP contribution >= 0.6 is 22.9 Å². The Morgan fingerprint density at radius 2 is 1.82 bits per heavy atom. The molecule has 4 nitrogen and oxygen atoms in total. The minimum absolute atomic E-state index is 0.307. The number of halogens is 1. The molecule has 142 valence electrons. The Bertz CT molecular complexity index is 1100. The Balaban J connectivity index is 1.68. The molecule has 1 aliphatic carbocycles. The van der Waals surface area contributed by atoms with E-state index < -0.39 is 0 Å². The van der Waals surface area contributed by atoms with Gasteiger partial charge in [-0.25, -0.2) is 4.98 Å². The summed E-state index contributed by atoms with van der Waals surface area (Å²) in [6.07, 6.45) is 6.08. The monoisotopic (exact) mass is 408 g/mol. The van der Waals surface area contributed by atoms with E-state index in [9.17, 15) is 0 Å². The van der Waals surface area contributed by atoms with Gasteiger partial charge in [0.1, 0.15) is 0 Å². The Labute approximate surface area is 173 Å². The number of anilines is 2. The minimum atomic E-state index is 0.307. The van der Waals surface area contributed by atoms with Crippen molar-refractivity contribution in [2.75, 3.05) is 4.90 Å². The Morgan fingerprint density at radius 1 is 1.00 bits per heavy atom. The molecule has 1 aliphatic rings. The molecule has 0 saturated heterocycles. The molecule has 6 heteroatoms. The molecule has 0 bridgehead atoms. The van der Waals surface area contributed by atoms with Crippen molar-refractivity contribution in [3.05, 3.63) is 59.8 Å². The molecule has 1 fully saturated rings. The number of thiazole rings is 1. The van der Waals surface area contributed by atoms with Crippen molar-refractivity contribution < 1.29 is 0 Å². The maximum atomic E-state index is 6.21. The second-order valence-corrected chi connectivity index (χ2v) is 8.84. The maximum absolute atomic E-state index is 6.21. The van der Waals surface area contributed by atoms with Crippen molar-refractivity contribution in [2.45, 2.75) is 37.8 Å². The van der Waals surface area contributed by atoms with E-state index in [0.29, 0.717) is 17.1 Å². The van der Waals surface area contributed by atoms with Crippen LogP contribution in [-0.2, 0) is 0 Å². The SMILES string of the molecule is NC1CCC(N(c2nc3ccccc3s2)c2ccnc3cc(Cl)ccc23)CC1. The molecule has 2 N–H and O–H groups in total. The first-order valence-corrected chi connectivity index (χ1v) is 10.8. The summed E-state index contributed by atoms with van der Waals surface area (Å²) in [4.78, 5) is 11.9. The number of para-hydroxylation sites is 1. The first-order chi connectivity index (χ1) is 13.7. The summed E-state index contributed by atoms with van der Waals surface area (Å²) >= 11 is 7.95. The van der Waals surface area contributed by atoms with Crippen molar-refractivity contribution in [1.29, 1.82) is 0 Å². The molecule has 2 heterocycles. The molecule has 0 spiro atoms. The van der Waals surface area contributed by atoms with Gasteiger partial charge in [-0.1, -0.05) is 35.1 Å². The molecule has 0 radical (unpaired) electrons. The highest BCUT2D eigenvalue weighted by molar-refractivity contribution is 7.22. The van der Waals surface area contributed by atoms with Gasteiger partial charge in [0.2, 0.25) is 0 Å². The molecule has 2 aromatic heterocycles. The summed E-state index contributed by atoms with van der Waals surface area (Å²) in [6.45, 7) is 0. The second kappa shape index (κ2) is 7.32. The largest absolute Gasteiger partial charge is 0.328 e. The number of hydrogen-bond acceptors (Lipinski definition) is 5. The highest BCUT2D eigenvalue weighted by Crippen LogP contribution is 2.41. The standard InChI is InChI=1S/C22H21ClN4S/c23-14-5-10-17-19(13-14)25-12-11-20(17)27(16-8-6-15(24)7-9-16)22-26-18-3-1-2-4-21(18)28-22/h1-5,10-13,15-16H,6-9,24H2. The van der Waals surface area contributed by atoms with Gasteiger partial charge in [0.05, 0.1) is 21.4 Å². The van der Waals surface area contributed by atoms with Crippen LogP contribution in [0.1, 0.15) is 25.7 Å². The lowest BCUT2D eigenvalue weighted by atomic mass is 9.90. The van der Waals surface area contributed by atoms with Crippen LogP contribution in [0.15, 0.2) is 54.7 Å². The summed E-state index contributed by atoms with van der Waals surface area (Å²) in [5.74, 6) is 0. The fourth-order valence-corrected chi connectivity index (χ4v) is 5.31. The summed E-state index contributed by atoms with van der Waals surface area (Å²) in [6, 6.07) is 17.0. The van der Waals surface area contributed by atoms with E-state index in [1.807, 2.05) is 24.4 Å². The van der Waals surface area contributed by atoms with Crippen molar-refractivity contribution in [1.82, 2.24) is 9.97 Å². The molecular weight excluding hydrogens is 388 g/mol. The number of aromatic nitrogens is 2. The fourth-order valence-electron chi connectivity index (χ4n) is 4.10. The number of fused-ring (bicyclic) bond motifs is 2. The molecule has 0 unspecified atom stereocenters. The van der Waals surface area contributed by atoms with Crippen LogP contribution in [0.2, 0.25) is 5.02 Å². The summed E-state index contributed by atoms with van der Waals surface area (Å²) in [5, 5.41) is 2.83. The Morgan fingerprint density at radius 3 is 2.64 bits per heavy atom. The molecule has 5 rings (SSSR count). The van der Waals surface area contributed by atoms with Gasteiger partial charge in [-0.15, -0.1) is 0 Å². The average Bonchev–Trinajstić information content (AvgIpc) is 3.13. The van der Waals surface area contributed by atoms with Crippen molar-refractivity contribution in [3.63, 3.8) is 0 Å². The van der Waals surface area contributed by atoms with Gasteiger partial charge in [0, 0.05) is 28.7 Å². The van der Waals surface area contributed by atoms with Gasteiger partial charge in [-0.3, -0.25) is 4.98 Å². The third-order valence-corrected chi connectivity index (χ3v) is 6.81. The topological polar surface area (TPSA) is 55.0 Å². The first kappa shape index (κ1) is 17.9. The summed E-state index contributed by atoms with van der Waals surface area (Å²) in [7, 11) is 0. The zero-order valence-electron chi connectivity index (χ0n) is 15.4.